The van der Waals surface area contributed by atoms with E-state index in [2.05, 4.69) is 5.43 Å². The molecule has 4 heteroatoms. The zero-order valence-corrected chi connectivity index (χ0v) is 8.84. The van der Waals surface area contributed by atoms with E-state index in [0.717, 1.165) is 4.02 Å². The van der Waals surface area contributed by atoms with Crippen LogP contribution >= 0.6 is 0 Å². The van der Waals surface area contributed by atoms with Gasteiger partial charge in [0.2, 0.25) is 0 Å². The topological polar surface area (TPSA) is 38.0 Å². The summed E-state index contributed by atoms with van der Waals surface area (Å²) in [4.78, 5) is 0. The van der Waals surface area contributed by atoms with Crippen LogP contribution in [0.4, 0.5) is 0 Å². The maximum absolute atomic E-state index is 5.00. The van der Waals surface area contributed by atoms with E-state index in [4.69, 9.17) is 5.84 Å². The molecule has 0 saturated carbocycles. The Hall–Kier alpha value is 1.04. The van der Waals surface area contributed by atoms with Gasteiger partial charge < -0.3 is 0 Å². The first-order valence-corrected chi connectivity index (χ1v) is 4.43. The van der Waals surface area contributed by atoms with E-state index >= 15 is 0 Å². The number of hydrogen-bond acceptors (Lipinski definition) is 2. The van der Waals surface area contributed by atoms with Crippen LogP contribution in [0.2, 0.25) is 0 Å². The zero-order valence-electron chi connectivity index (χ0n) is 2.97. The molecule has 0 aliphatic rings. The Morgan fingerprint density at radius 3 is 2.33 bits per heavy atom. The van der Waals surface area contributed by atoms with Crippen molar-refractivity contribution in [3.05, 3.63) is 0 Å². The summed E-state index contributed by atoms with van der Waals surface area (Å²) in [6.45, 7) is 0. The van der Waals surface area contributed by atoms with Crippen molar-refractivity contribution in [3.8, 4) is 0 Å². The Morgan fingerprint density at radius 1 is 1.83 bits per heavy atom. The summed E-state index contributed by atoms with van der Waals surface area (Å²) in [6, 6.07) is 0. The van der Waals surface area contributed by atoms with E-state index in [-0.39, 0.29) is 0 Å². The molecule has 0 aliphatic heterocycles. The van der Waals surface area contributed by atoms with Crippen molar-refractivity contribution in [1.82, 2.24) is 5.43 Å². The Morgan fingerprint density at radius 2 is 2.33 bits per heavy atom. The van der Waals surface area contributed by atoms with Gasteiger partial charge in [0.15, 0.2) is 0 Å². The van der Waals surface area contributed by atoms with Crippen LogP contribution < -0.4 is 11.3 Å². The molecule has 0 saturated heterocycles. The third-order valence-corrected chi connectivity index (χ3v) is 4.27. The summed E-state index contributed by atoms with van der Waals surface area (Å²) in [6.07, 6.45) is 0. The van der Waals surface area contributed by atoms with Gasteiger partial charge in [-0.25, -0.2) is 0 Å². The van der Waals surface area contributed by atoms with Crippen LogP contribution in [0.5, 0.6) is 0 Å². The molecule has 3 N–H and O–H groups in total. The average Bonchev–Trinajstić information content (AvgIpc) is 1.65. The Kier molecular flexibility index (Phi) is 4.93. The number of nitrogens with one attached hydrogen (secondary N) is 1. The summed E-state index contributed by atoms with van der Waals surface area (Å²) >= 11 is 2.83. The van der Waals surface area contributed by atoms with Gasteiger partial charge in [0, 0.05) is 0 Å². The molecule has 0 aromatic carbocycles. The molecule has 0 aromatic rings. The van der Waals surface area contributed by atoms with Gasteiger partial charge in [-0.1, -0.05) is 0 Å². The zero-order chi connectivity index (χ0) is 4.99. The Balaban J connectivity index is 3.23. The van der Waals surface area contributed by atoms with E-state index in [1.165, 1.54) is 38.7 Å². The maximum atomic E-state index is 5.00. The van der Waals surface area contributed by atoms with E-state index in [1.54, 1.807) is 0 Å². The molecule has 0 heterocycles. The van der Waals surface area contributed by atoms with Crippen molar-refractivity contribution in [2.45, 2.75) is 0 Å². The fourth-order valence-electron chi connectivity index (χ4n) is 0.0340. The Labute approximate surface area is 58.3 Å². The standard InChI is InChI=1S/C2H4N2.2W/c1-2-4-3;;/h1,4H,3H2;;. The molecule has 0 aromatic heterocycles. The summed E-state index contributed by atoms with van der Waals surface area (Å²) in [5, 5.41) is 0. The molecule has 6 heavy (non-hydrogen) atoms. The molecule has 0 bridgehead atoms. The normalized spacial score (nSPS) is 7.50. The summed E-state index contributed by atoms with van der Waals surface area (Å²) < 4.78 is 3.14. The summed E-state index contributed by atoms with van der Waals surface area (Å²) in [5.74, 6) is 5.00. The molecule has 0 amide bonds. The first-order chi connectivity index (χ1) is 2.81. The second kappa shape index (κ2) is 4.20. The van der Waals surface area contributed by atoms with Gasteiger partial charge in [0.05, 0.1) is 0 Å². The van der Waals surface area contributed by atoms with E-state index in [9.17, 15) is 0 Å². The third kappa shape index (κ3) is 3.24. The second-order valence-electron chi connectivity index (χ2n) is 0.626. The first kappa shape index (κ1) is 7.04. The molecular weight excluding hydrogens is 420 g/mol. The summed E-state index contributed by atoms with van der Waals surface area (Å²) in [5.41, 5.74) is 2.53. The van der Waals surface area contributed by atoms with Crippen molar-refractivity contribution >= 4 is 8.42 Å². The van der Waals surface area contributed by atoms with Gasteiger partial charge >= 0.3 is 58.4 Å². The second-order valence-corrected chi connectivity index (χ2v) is 3.05. The van der Waals surface area contributed by atoms with Crippen LogP contribution in [0.1, 0.15) is 0 Å². The fourth-order valence-corrected chi connectivity index (χ4v) is 0.278. The predicted molar refractivity (Wildman–Crippen MR) is 18.4 cm³/mol. The summed E-state index contributed by atoms with van der Waals surface area (Å²) in [7, 11) is 0. The quantitative estimate of drug-likeness (QED) is 0.418. The van der Waals surface area contributed by atoms with Gasteiger partial charge in [-0.3, -0.25) is 0 Å². The van der Waals surface area contributed by atoms with Crippen LogP contribution in [0.3, 0.4) is 0 Å². The number of nitrogens with two attached hydrogens (primary N) is 1. The van der Waals surface area contributed by atoms with Crippen LogP contribution in [-0.2, 0) is 38.7 Å². The van der Waals surface area contributed by atoms with Crippen molar-refractivity contribution in [2.24, 2.45) is 5.84 Å². The van der Waals surface area contributed by atoms with Gasteiger partial charge in [0.1, 0.15) is 0 Å². The molecule has 34 valence electrons. The van der Waals surface area contributed by atoms with E-state index < -0.39 is 0 Å². The van der Waals surface area contributed by atoms with Crippen molar-refractivity contribution in [3.63, 3.8) is 0 Å². The predicted octanol–water partition coefficient (Wildman–Crippen LogP) is -1.52. The van der Waals surface area contributed by atoms with Crippen LogP contribution in [-0.4, -0.2) is 8.42 Å². The van der Waals surface area contributed by atoms with Crippen LogP contribution in [0.25, 0.3) is 0 Å². The minimum absolute atomic E-state index is 1.12. The van der Waals surface area contributed by atoms with Gasteiger partial charge in [-0.05, 0) is 0 Å². The van der Waals surface area contributed by atoms with Gasteiger partial charge in [-0.2, -0.15) is 0 Å². The molecule has 0 spiro atoms. The van der Waals surface area contributed by atoms with Crippen molar-refractivity contribution in [2.75, 3.05) is 0 Å². The number of hydrazine groups is 1. The van der Waals surface area contributed by atoms with E-state index in [1.807, 2.05) is 4.40 Å². The van der Waals surface area contributed by atoms with Crippen molar-refractivity contribution < 1.29 is 38.7 Å². The molecular formula is C2H4N2W2. The number of hydrogen-bond donors (Lipinski definition) is 2. The van der Waals surface area contributed by atoms with Crippen LogP contribution in [0.15, 0.2) is 0 Å². The molecule has 0 aliphatic carbocycles. The minimum atomic E-state index is 1.12. The first-order valence-electron chi connectivity index (χ1n) is 1.27. The number of rotatable bonds is 2. The molecule has 0 rings (SSSR count). The van der Waals surface area contributed by atoms with Gasteiger partial charge in [-0.15, -0.1) is 0 Å². The molecule has 0 fully saturated rings. The molecule has 0 radical (unpaired) electrons. The molecule has 0 atom stereocenters. The Bertz CT molecular complexity index is 69.9. The molecule has 0 unspecified atom stereocenters. The molecule has 2 nitrogen and oxygen atoms in total. The van der Waals surface area contributed by atoms with Gasteiger partial charge in [0.25, 0.3) is 0 Å². The van der Waals surface area contributed by atoms with E-state index in [0.29, 0.717) is 0 Å². The monoisotopic (exact) mass is 424 g/mol. The fraction of sp³-hybridized carbons (Fsp3) is 0. The SMILES string of the molecule is NN[C](=[W])[CH]=[W]. The van der Waals surface area contributed by atoms with Crippen molar-refractivity contribution in [1.29, 1.82) is 0 Å². The van der Waals surface area contributed by atoms with Crippen LogP contribution in [0, 0.1) is 0 Å². The third-order valence-electron chi connectivity index (χ3n) is 0.249. The average molecular weight is 424 g/mol.